The summed E-state index contributed by atoms with van der Waals surface area (Å²) in [6, 6.07) is -0.882. The van der Waals surface area contributed by atoms with Crippen LogP contribution in [-0.2, 0) is 24.0 Å². The summed E-state index contributed by atoms with van der Waals surface area (Å²) in [5.41, 5.74) is -0.0314. The molecule has 2 atom stereocenters. The molecule has 1 fully saturated rings. The second-order valence-electron chi connectivity index (χ2n) is 4.83. The van der Waals surface area contributed by atoms with E-state index in [9.17, 15) is 19.2 Å². The van der Waals surface area contributed by atoms with Crippen molar-refractivity contribution in [3.05, 3.63) is 11.1 Å². The van der Waals surface area contributed by atoms with E-state index < -0.39 is 29.1 Å². The van der Waals surface area contributed by atoms with Gasteiger partial charge in [-0.15, -0.1) is 22.9 Å². The number of anilines is 1. The highest BCUT2D eigenvalue weighted by atomic mass is 35.5. The van der Waals surface area contributed by atoms with Crippen LogP contribution < -0.4 is 16.0 Å². The number of nitrogens with one attached hydrogen (secondary N) is 3. The molecule has 26 heavy (non-hydrogen) atoms. The second kappa shape index (κ2) is 8.96. The van der Waals surface area contributed by atoms with Crippen LogP contribution in [0.3, 0.4) is 0 Å². The molecule has 10 nitrogen and oxygen atoms in total. The van der Waals surface area contributed by atoms with E-state index in [0.717, 1.165) is 23.1 Å². The molecule has 0 unspecified atom stereocenters. The third-order valence-corrected chi connectivity index (χ3v) is 4.94. The number of thiazole rings is 1. The number of oxime groups is 1. The smallest absolute Gasteiger partial charge is 0.276 e. The van der Waals surface area contributed by atoms with Crippen molar-refractivity contribution in [1.29, 1.82) is 0 Å². The van der Waals surface area contributed by atoms with Crippen molar-refractivity contribution >= 4 is 68.4 Å². The number of aromatic nitrogens is 1. The molecule has 1 aromatic rings. The van der Waals surface area contributed by atoms with Crippen LogP contribution in [0.4, 0.5) is 5.13 Å². The van der Waals surface area contributed by atoms with Crippen LogP contribution in [0.1, 0.15) is 12.6 Å². The molecule has 0 bridgehead atoms. The predicted molar refractivity (Wildman–Crippen MR) is 97.1 cm³/mol. The van der Waals surface area contributed by atoms with Crippen molar-refractivity contribution in [2.75, 3.05) is 18.3 Å². The van der Waals surface area contributed by atoms with Crippen molar-refractivity contribution in [1.82, 2.24) is 15.6 Å². The molecule has 2 rings (SSSR count). The average molecular weight is 420 g/mol. The maximum absolute atomic E-state index is 12.5. The standard InChI is InChI=1S/C13H14ClN5O5S2/c1-5(20)26-12-9(11(23)18-12)17-10(22)8(19-24-2)6-4-25-13(15-6)16-7(21)3-14/h4,9,12H,3H2,1-2H3,(H,17,22)(H,18,23)(H,15,16,21)/b19-8-/t9-,12-/m1/s1. The number of halogens is 1. The Kier molecular flexibility index (Phi) is 6.94. The number of amides is 3. The molecule has 3 amide bonds. The van der Waals surface area contributed by atoms with Gasteiger partial charge in [-0.3, -0.25) is 19.2 Å². The van der Waals surface area contributed by atoms with E-state index >= 15 is 0 Å². The third-order valence-electron chi connectivity index (χ3n) is 2.96. The maximum atomic E-state index is 12.5. The molecular formula is C13H14ClN5O5S2. The predicted octanol–water partition coefficient (Wildman–Crippen LogP) is -0.109. The van der Waals surface area contributed by atoms with Crippen molar-refractivity contribution in [2.45, 2.75) is 18.3 Å². The summed E-state index contributed by atoms with van der Waals surface area (Å²) >= 11 is 7.37. The molecule has 3 N–H and O–H groups in total. The summed E-state index contributed by atoms with van der Waals surface area (Å²) in [6.07, 6.45) is 0. The van der Waals surface area contributed by atoms with Gasteiger partial charge in [0.1, 0.15) is 30.1 Å². The lowest BCUT2D eigenvalue weighted by Gasteiger charge is -2.35. The van der Waals surface area contributed by atoms with E-state index in [2.05, 4.69) is 30.9 Å². The highest BCUT2D eigenvalue weighted by Crippen LogP contribution is 2.21. The summed E-state index contributed by atoms with van der Waals surface area (Å²) in [7, 11) is 1.25. The normalized spacial score (nSPS) is 19.2. The molecule has 0 spiro atoms. The fraction of sp³-hybridized carbons (Fsp3) is 0.385. The zero-order valence-electron chi connectivity index (χ0n) is 13.6. The molecule has 1 saturated heterocycles. The molecule has 1 aliphatic heterocycles. The van der Waals surface area contributed by atoms with Gasteiger partial charge in [0.25, 0.3) is 5.91 Å². The number of β-lactam (4-membered cyclic amide) rings is 1. The molecule has 1 aliphatic rings. The number of hydrogen-bond acceptors (Lipinski definition) is 9. The number of rotatable bonds is 7. The third kappa shape index (κ3) is 4.93. The number of thioether (sulfide) groups is 1. The average Bonchev–Trinajstić information content (AvgIpc) is 3.04. The van der Waals surface area contributed by atoms with Gasteiger partial charge >= 0.3 is 0 Å². The SMILES string of the molecule is CO/N=C(\C(=O)N[C@@H]1C(=O)N[C@@H]1SC(C)=O)c1csc(NC(=O)CCl)n1. The summed E-state index contributed by atoms with van der Waals surface area (Å²) < 4.78 is 0. The zero-order valence-corrected chi connectivity index (χ0v) is 16.0. The number of nitrogens with zero attached hydrogens (tertiary/aromatic N) is 2. The summed E-state index contributed by atoms with van der Waals surface area (Å²) in [5.74, 6) is -1.80. The lowest BCUT2D eigenvalue weighted by atomic mass is 10.1. The van der Waals surface area contributed by atoms with Crippen LogP contribution in [0.5, 0.6) is 0 Å². The lowest BCUT2D eigenvalue weighted by molar-refractivity contribution is -0.132. The molecule has 13 heteroatoms. The number of alkyl halides is 1. The van der Waals surface area contributed by atoms with Crippen LogP contribution in [0.25, 0.3) is 0 Å². The van der Waals surface area contributed by atoms with Crippen molar-refractivity contribution in [3.8, 4) is 0 Å². The summed E-state index contributed by atoms with van der Waals surface area (Å²) in [5, 5.41) is 12.1. The highest BCUT2D eigenvalue weighted by molar-refractivity contribution is 8.14. The van der Waals surface area contributed by atoms with Gasteiger partial charge in [-0.2, -0.15) is 0 Å². The first-order chi connectivity index (χ1) is 12.3. The van der Waals surface area contributed by atoms with Gasteiger partial charge in [-0.1, -0.05) is 16.9 Å². The molecule has 140 valence electrons. The van der Waals surface area contributed by atoms with Gasteiger partial charge in [0.15, 0.2) is 16.0 Å². The Balaban J connectivity index is 2.10. The van der Waals surface area contributed by atoms with Gasteiger partial charge in [0, 0.05) is 12.3 Å². The Morgan fingerprint density at radius 1 is 1.50 bits per heavy atom. The Morgan fingerprint density at radius 2 is 2.23 bits per heavy atom. The Bertz CT molecular complexity index is 768. The van der Waals surface area contributed by atoms with E-state index in [1.807, 2.05) is 0 Å². The fourth-order valence-electron chi connectivity index (χ4n) is 1.87. The molecule has 0 saturated carbocycles. The quantitative estimate of drug-likeness (QED) is 0.242. The van der Waals surface area contributed by atoms with Gasteiger partial charge in [0.05, 0.1) is 0 Å². The van der Waals surface area contributed by atoms with E-state index in [1.165, 1.54) is 19.4 Å². The first-order valence-corrected chi connectivity index (χ1v) is 9.36. The minimum Gasteiger partial charge on any atom is -0.398 e. The topological polar surface area (TPSA) is 139 Å². The molecular weight excluding hydrogens is 406 g/mol. The van der Waals surface area contributed by atoms with Crippen molar-refractivity contribution < 1.29 is 24.0 Å². The molecule has 1 aromatic heterocycles. The van der Waals surface area contributed by atoms with Crippen LogP contribution in [0.2, 0.25) is 0 Å². The van der Waals surface area contributed by atoms with Crippen molar-refractivity contribution in [2.24, 2.45) is 5.16 Å². The minimum atomic E-state index is -0.882. The molecule has 0 aliphatic carbocycles. The lowest BCUT2D eigenvalue weighted by Crippen LogP contribution is -2.68. The number of carbonyl (C=O) groups is 4. The maximum Gasteiger partial charge on any atom is 0.276 e. The molecule has 2 heterocycles. The molecule has 0 aromatic carbocycles. The number of carbonyl (C=O) groups excluding carboxylic acids is 4. The van der Waals surface area contributed by atoms with E-state index in [1.54, 1.807) is 0 Å². The van der Waals surface area contributed by atoms with E-state index in [4.69, 9.17) is 11.6 Å². The Morgan fingerprint density at radius 3 is 2.81 bits per heavy atom. The van der Waals surface area contributed by atoms with E-state index in [0.29, 0.717) is 0 Å². The van der Waals surface area contributed by atoms with Gasteiger partial charge in [-0.25, -0.2) is 4.98 Å². The highest BCUT2D eigenvalue weighted by Gasteiger charge is 2.42. The fourth-order valence-corrected chi connectivity index (χ4v) is 3.51. The van der Waals surface area contributed by atoms with Crippen LogP contribution >= 0.6 is 34.7 Å². The monoisotopic (exact) mass is 419 g/mol. The van der Waals surface area contributed by atoms with Gasteiger partial charge in [0.2, 0.25) is 11.8 Å². The zero-order chi connectivity index (χ0) is 19.3. The van der Waals surface area contributed by atoms with Crippen LogP contribution in [-0.4, -0.2) is 57.9 Å². The van der Waals surface area contributed by atoms with Crippen LogP contribution in [0, 0.1) is 0 Å². The van der Waals surface area contributed by atoms with E-state index in [-0.39, 0.29) is 27.5 Å². The molecule has 0 radical (unpaired) electrons. The minimum absolute atomic E-state index is 0.148. The first kappa shape index (κ1) is 20.1. The number of hydrogen-bond donors (Lipinski definition) is 3. The van der Waals surface area contributed by atoms with Gasteiger partial charge < -0.3 is 20.8 Å². The Hall–Kier alpha value is -2.18. The van der Waals surface area contributed by atoms with Gasteiger partial charge in [-0.05, 0) is 0 Å². The largest absolute Gasteiger partial charge is 0.398 e. The van der Waals surface area contributed by atoms with Crippen LogP contribution in [0.15, 0.2) is 10.5 Å². The van der Waals surface area contributed by atoms with Crippen molar-refractivity contribution in [3.63, 3.8) is 0 Å². The Labute approximate surface area is 161 Å². The second-order valence-corrected chi connectivity index (χ2v) is 7.28. The summed E-state index contributed by atoms with van der Waals surface area (Å²) in [6.45, 7) is 1.36. The first-order valence-electron chi connectivity index (χ1n) is 7.07. The summed E-state index contributed by atoms with van der Waals surface area (Å²) in [4.78, 5) is 55.3.